The quantitative estimate of drug-likeness (QED) is 0.0860. The summed E-state index contributed by atoms with van der Waals surface area (Å²) in [5.41, 5.74) is 0. The van der Waals surface area contributed by atoms with E-state index in [1.807, 2.05) is 0 Å². The molecule has 37 heavy (non-hydrogen) atoms. The number of hydrogen-bond donors (Lipinski definition) is 2. The van der Waals surface area contributed by atoms with Crippen LogP contribution in [0.15, 0.2) is 0 Å². The molecule has 3 nitrogen and oxygen atoms in total. The molecular formula is C34H68O3. The number of carboxylic acids is 1. The van der Waals surface area contributed by atoms with Crippen molar-refractivity contribution in [1.82, 2.24) is 0 Å². The Hall–Kier alpha value is -0.570. The molecule has 0 amide bonds. The van der Waals surface area contributed by atoms with Gasteiger partial charge in [0.05, 0.1) is 5.92 Å². The highest BCUT2D eigenvalue weighted by Crippen LogP contribution is 2.20. The van der Waals surface area contributed by atoms with Crippen molar-refractivity contribution in [2.24, 2.45) is 5.92 Å². The summed E-state index contributed by atoms with van der Waals surface area (Å²) in [6.07, 6.45) is 38.6. The van der Waals surface area contributed by atoms with E-state index in [0.29, 0.717) is 6.61 Å². The highest BCUT2D eigenvalue weighted by atomic mass is 16.4. The van der Waals surface area contributed by atoms with Crippen LogP contribution >= 0.6 is 0 Å². The van der Waals surface area contributed by atoms with Crippen LogP contribution < -0.4 is 0 Å². The summed E-state index contributed by atoms with van der Waals surface area (Å²) < 4.78 is 0. The molecule has 0 fully saturated rings. The van der Waals surface area contributed by atoms with Crippen LogP contribution in [-0.2, 0) is 4.79 Å². The van der Waals surface area contributed by atoms with Crippen LogP contribution in [0, 0.1) is 5.92 Å². The van der Waals surface area contributed by atoms with Crippen molar-refractivity contribution >= 4 is 5.97 Å². The zero-order valence-corrected chi connectivity index (χ0v) is 25.3. The van der Waals surface area contributed by atoms with Crippen LogP contribution in [0.2, 0.25) is 0 Å². The van der Waals surface area contributed by atoms with E-state index in [1.54, 1.807) is 0 Å². The van der Waals surface area contributed by atoms with Gasteiger partial charge in [-0.05, 0) is 19.3 Å². The van der Waals surface area contributed by atoms with Gasteiger partial charge in [0.25, 0.3) is 0 Å². The van der Waals surface area contributed by atoms with Crippen LogP contribution in [0.5, 0.6) is 0 Å². The average molecular weight is 525 g/mol. The van der Waals surface area contributed by atoms with Crippen LogP contribution in [0.1, 0.15) is 200 Å². The van der Waals surface area contributed by atoms with E-state index >= 15 is 0 Å². The van der Waals surface area contributed by atoms with Gasteiger partial charge in [0.15, 0.2) is 0 Å². The first kappa shape index (κ1) is 36.4. The Balaban J connectivity index is 3.38. The molecule has 222 valence electrons. The van der Waals surface area contributed by atoms with Gasteiger partial charge < -0.3 is 10.2 Å². The van der Waals surface area contributed by atoms with E-state index in [9.17, 15) is 9.90 Å². The molecule has 0 aromatic rings. The second-order valence-corrected chi connectivity index (χ2v) is 11.9. The Morgan fingerprint density at radius 1 is 0.432 bits per heavy atom. The fraction of sp³-hybridized carbons (Fsp3) is 0.971. The van der Waals surface area contributed by atoms with Crippen LogP contribution in [0.25, 0.3) is 0 Å². The van der Waals surface area contributed by atoms with Gasteiger partial charge in [0.2, 0.25) is 0 Å². The zero-order chi connectivity index (χ0) is 27.1. The second-order valence-electron chi connectivity index (χ2n) is 11.9. The molecule has 0 radical (unpaired) electrons. The Kier molecular flexibility index (Phi) is 31.2. The minimum Gasteiger partial charge on any atom is -0.481 e. The van der Waals surface area contributed by atoms with Crippen molar-refractivity contribution in [3.63, 3.8) is 0 Å². The molecule has 0 bridgehead atoms. The number of unbranched alkanes of at least 4 members (excludes halogenated alkanes) is 26. The van der Waals surface area contributed by atoms with Gasteiger partial charge in [-0.3, -0.25) is 4.79 Å². The van der Waals surface area contributed by atoms with E-state index in [4.69, 9.17) is 5.11 Å². The summed E-state index contributed by atoms with van der Waals surface area (Å²) in [6, 6.07) is 0. The predicted octanol–water partition coefficient (Wildman–Crippen LogP) is 11.4. The molecule has 0 spiro atoms. The Morgan fingerprint density at radius 2 is 0.676 bits per heavy atom. The molecule has 0 aliphatic rings. The molecular weight excluding hydrogens is 456 g/mol. The molecule has 3 heteroatoms. The first-order valence-electron chi connectivity index (χ1n) is 17.1. The van der Waals surface area contributed by atoms with Crippen LogP contribution in [0.4, 0.5) is 0 Å². The normalized spacial score (nSPS) is 12.3. The molecule has 0 heterocycles. The van der Waals surface area contributed by atoms with Crippen molar-refractivity contribution in [1.29, 1.82) is 0 Å². The number of carboxylic acid groups (broad SMARTS) is 1. The molecule has 1 unspecified atom stereocenters. The van der Waals surface area contributed by atoms with E-state index in [-0.39, 0.29) is 5.92 Å². The van der Waals surface area contributed by atoms with E-state index < -0.39 is 5.97 Å². The monoisotopic (exact) mass is 525 g/mol. The molecule has 0 aromatic carbocycles. The maximum absolute atomic E-state index is 11.6. The van der Waals surface area contributed by atoms with Gasteiger partial charge in [0, 0.05) is 6.61 Å². The highest BCUT2D eigenvalue weighted by Gasteiger charge is 2.16. The molecule has 0 rings (SSSR count). The number of hydrogen-bond acceptors (Lipinski definition) is 2. The topological polar surface area (TPSA) is 57.5 Å². The third-order valence-corrected chi connectivity index (χ3v) is 8.22. The SMILES string of the molecule is CCCCCCCCCCCCCCCCCCC(CCCCCCCCCCCCCCO)C(=O)O. The lowest BCUT2D eigenvalue weighted by atomic mass is 9.94. The fourth-order valence-corrected chi connectivity index (χ4v) is 5.60. The maximum Gasteiger partial charge on any atom is 0.306 e. The largest absolute Gasteiger partial charge is 0.481 e. The van der Waals surface area contributed by atoms with Gasteiger partial charge in [-0.2, -0.15) is 0 Å². The summed E-state index contributed by atoms with van der Waals surface area (Å²) >= 11 is 0. The van der Waals surface area contributed by atoms with Gasteiger partial charge in [-0.15, -0.1) is 0 Å². The van der Waals surface area contributed by atoms with E-state index in [2.05, 4.69) is 6.92 Å². The Labute approximate surface area is 233 Å². The number of carbonyl (C=O) groups is 1. The molecule has 0 aromatic heterocycles. The van der Waals surface area contributed by atoms with Crippen LogP contribution in [-0.4, -0.2) is 22.8 Å². The predicted molar refractivity (Wildman–Crippen MR) is 162 cm³/mol. The highest BCUT2D eigenvalue weighted by molar-refractivity contribution is 5.69. The molecule has 0 aliphatic heterocycles. The number of aliphatic hydroxyl groups excluding tert-OH is 1. The third-order valence-electron chi connectivity index (χ3n) is 8.22. The first-order valence-corrected chi connectivity index (χ1v) is 17.1. The van der Waals surface area contributed by atoms with Crippen LogP contribution in [0.3, 0.4) is 0 Å². The Bertz CT molecular complexity index is 437. The molecule has 0 aliphatic carbocycles. The summed E-state index contributed by atoms with van der Waals surface area (Å²) in [5, 5.41) is 18.4. The first-order chi connectivity index (χ1) is 18.2. The number of aliphatic hydroxyl groups is 1. The van der Waals surface area contributed by atoms with Crippen molar-refractivity contribution < 1.29 is 15.0 Å². The van der Waals surface area contributed by atoms with Gasteiger partial charge in [-0.1, -0.05) is 180 Å². The van der Waals surface area contributed by atoms with Crippen molar-refractivity contribution in [2.75, 3.05) is 6.61 Å². The average Bonchev–Trinajstić information content (AvgIpc) is 2.89. The lowest BCUT2D eigenvalue weighted by Crippen LogP contribution is -2.13. The molecule has 1 atom stereocenters. The summed E-state index contributed by atoms with van der Waals surface area (Å²) in [4.78, 5) is 11.6. The van der Waals surface area contributed by atoms with Gasteiger partial charge in [-0.25, -0.2) is 0 Å². The smallest absolute Gasteiger partial charge is 0.306 e. The Morgan fingerprint density at radius 3 is 0.919 bits per heavy atom. The van der Waals surface area contributed by atoms with Crippen molar-refractivity contribution in [3.05, 3.63) is 0 Å². The van der Waals surface area contributed by atoms with E-state index in [0.717, 1.165) is 32.1 Å². The van der Waals surface area contributed by atoms with Gasteiger partial charge in [0.1, 0.15) is 0 Å². The molecule has 0 saturated carbocycles. The minimum atomic E-state index is -0.569. The summed E-state index contributed by atoms with van der Waals surface area (Å²) in [6.45, 7) is 2.62. The zero-order valence-electron chi connectivity index (χ0n) is 25.3. The summed E-state index contributed by atoms with van der Waals surface area (Å²) in [7, 11) is 0. The standard InChI is InChI=1S/C34H68O3/c1-2-3-4-5-6-7-8-9-10-11-12-15-18-21-24-27-30-33(34(36)37)31-28-25-22-19-16-13-14-17-20-23-26-29-32-35/h33,35H,2-32H2,1H3,(H,36,37). The number of aliphatic carboxylic acids is 1. The number of rotatable bonds is 32. The van der Waals surface area contributed by atoms with Gasteiger partial charge >= 0.3 is 5.97 Å². The minimum absolute atomic E-state index is 0.113. The lowest BCUT2D eigenvalue weighted by molar-refractivity contribution is -0.142. The van der Waals surface area contributed by atoms with Crippen molar-refractivity contribution in [3.8, 4) is 0 Å². The molecule has 0 saturated heterocycles. The lowest BCUT2D eigenvalue weighted by Gasteiger charge is -2.12. The fourth-order valence-electron chi connectivity index (χ4n) is 5.60. The van der Waals surface area contributed by atoms with E-state index in [1.165, 1.54) is 161 Å². The summed E-state index contributed by atoms with van der Waals surface area (Å²) in [5.74, 6) is -0.683. The molecule has 2 N–H and O–H groups in total. The third kappa shape index (κ3) is 29.8. The second kappa shape index (κ2) is 31.6. The maximum atomic E-state index is 11.6. The van der Waals surface area contributed by atoms with Crippen molar-refractivity contribution in [2.45, 2.75) is 200 Å².